The van der Waals surface area contributed by atoms with E-state index in [4.69, 9.17) is 4.74 Å². The van der Waals surface area contributed by atoms with Gasteiger partial charge < -0.3 is 15.4 Å². The van der Waals surface area contributed by atoms with Gasteiger partial charge in [-0.05, 0) is 25.0 Å². The summed E-state index contributed by atoms with van der Waals surface area (Å²) in [6, 6.07) is 4.56. The van der Waals surface area contributed by atoms with Crippen LogP contribution in [0.25, 0.3) is 0 Å². The summed E-state index contributed by atoms with van der Waals surface area (Å²) in [5, 5.41) is 5.84. The van der Waals surface area contributed by atoms with E-state index in [1.165, 1.54) is 6.07 Å². The number of hydrogen-bond acceptors (Lipinski definition) is 3. The van der Waals surface area contributed by atoms with Crippen molar-refractivity contribution in [2.24, 2.45) is 5.92 Å². The van der Waals surface area contributed by atoms with Gasteiger partial charge in [0, 0.05) is 25.6 Å². The molecule has 0 saturated carbocycles. The lowest BCUT2D eigenvalue weighted by atomic mass is 10.1. The lowest BCUT2D eigenvalue weighted by molar-refractivity contribution is 0.0945. The minimum Gasteiger partial charge on any atom is -0.382 e. The van der Waals surface area contributed by atoms with Gasteiger partial charge in [0.1, 0.15) is 5.82 Å². The monoisotopic (exact) mass is 280 g/mol. The average Bonchev–Trinajstić information content (AvgIpc) is 2.96. The molecule has 1 saturated heterocycles. The number of carbonyl (C=O) groups is 1. The normalized spacial score (nSPS) is 18.0. The van der Waals surface area contributed by atoms with Gasteiger partial charge in [0.05, 0.1) is 17.9 Å². The Balaban J connectivity index is 2.02. The molecule has 1 unspecified atom stereocenters. The number of carbonyl (C=O) groups excluding carboxylic acids is 1. The van der Waals surface area contributed by atoms with Crippen molar-refractivity contribution in [2.75, 3.05) is 31.6 Å². The third kappa shape index (κ3) is 3.70. The van der Waals surface area contributed by atoms with Crippen LogP contribution in [0.1, 0.15) is 30.1 Å². The molecule has 0 spiro atoms. The average molecular weight is 280 g/mol. The van der Waals surface area contributed by atoms with E-state index in [2.05, 4.69) is 10.6 Å². The van der Waals surface area contributed by atoms with Crippen molar-refractivity contribution in [3.63, 3.8) is 0 Å². The molecule has 1 aliphatic heterocycles. The highest BCUT2D eigenvalue weighted by Gasteiger charge is 2.19. The second-order valence-corrected chi connectivity index (χ2v) is 5.03. The van der Waals surface area contributed by atoms with Gasteiger partial charge in [0.25, 0.3) is 5.91 Å². The van der Waals surface area contributed by atoms with Gasteiger partial charge in [-0.25, -0.2) is 4.39 Å². The van der Waals surface area contributed by atoms with Crippen molar-refractivity contribution in [1.29, 1.82) is 0 Å². The van der Waals surface area contributed by atoms with Crippen LogP contribution in [0, 0.1) is 11.7 Å². The maximum atomic E-state index is 13.8. The summed E-state index contributed by atoms with van der Waals surface area (Å²) in [7, 11) is 0. The summed E-state index contributed by atoms with van der Waals surface area (Å²) in [6.07, 6.45) is 1.83. The number of ether oxygens (including phenoxy) is 1. The van der Waals surface area contributed by atoms with Crippen LogP contribution in [-0.2, 0) is 4.74 Å². The van der Waals surface area contributed by atoms with Crippen LogP contribution >= 0.6 is 0 Å². The standard InChI is InChI=1S/C15H21FN2O2/c1-2-7-17-14-12(4-3-5-13(14)16)15(19)18-9-11-6-8-20-10-11/h3-5,11,17H,2,6-10H2,1H3,(H,18,19). The third-order valence-corrected chi connectivity index (χ3v) is 3.39. The molecule has 0 radical (unpaired) electrons. The van der Waals surface area contributed by atoms with Gasteiger partial charge in [-0.1, -0.05) is 13.0 Å². The number of halogens is 1. The predicted octanol–water partition coefficient (Wildman–Crippen LogP) is 2.41. The van der Waals surface area contributed by atoms with E-state index < -0.39 is 5.82 Å². The number of nitrogens with one attached hydrogen (secondary N) is 2. The van der Waals surface area contributed by atoms with E-state index in [1.54, 1.807) is 12.1 Å². The molecule has 2 rings (SSSR count). The number of amides is 1. The first-order valence-electron chi connectivity index (χ1n) is 7.10. The summed E-state index contributed by atoms with van der Waals surface area (Å²) < 4.78 is 19.1. The van der Waals surface area contributed by atoms with Crippen molar-refractivity contribution in [3.05, 3.63) is 29.6 Å². The summed E-state index contributed by atoms with van der Waals surface area (Å²) >= 11 is 0. The van der Waals surface area contributed by atoms with Gasteiger partial charge in [0.15, 0.2) is 0 Å². The minimum atomic E-state index is -0.393. The first kappa shape index (κ1) is 14.8. The van der Waals surface area contributed by atoms with Crippen LogP contribution in [0.3, 0.4) is 0 Å². The van der Waals surface area contributed by atoms with Gasteiger partial charge in [-0.15, -0.1) is 0 Å². The number of para-hydroxylation sites is 1. The molecular weight excluding hydrogens is 259 g/mol. The Kier molecular flexibility index (Phi) is 5.35. The molecule has 0 bridgehead atoms. The van der Waals surface area contributed by atoms with Crippen LogP contribution in [-0.4, -0.2) is 32.2 Å². The summed E-state index contributed by atoms with van der Waals surface area (Å²) in [5.41, 5.74) is 0.645. The van der Waals surface area contributed by atoms with Crippen LogP contribution in [0.4, 0.5) is 10.1 Å². The van der Waals surface area contributed by atoms with E-state index in [9.17, 15) is 9.18 Å². The smallest absolute Gasteiger partial charge is 0.253 e. The fourth-order valence-electron chi connectivity index (χ4n) is 2.22. The van der Waals surface area contributed by atoms with Crippen molar-refractivity contribution in [1.82, 2.24) is 5.32 Å². The Hall–Kier alpha value is -1.62. The predicted molar refractivity (Wildman–Crippen MR) is 76.4 cm³/mol. The molecule has 4 nitrogen and oxygen atoms in total. The second kappa shape index (κ2) is 7.24. The molecule has 1 fully saturated rings. The SMILES string of the molecule is CCCNc1c(F)cccc1C(=O)NCC1CCOC1. The van der Waals surface area contributed by atoms with Gasteiger partial charge in [-0.2, -0.15) is 0 Å². The van der Waals surface area contributed by atoms with E-state index >= 15 is 0 Å². The summed E-state index contributed by atoms with van der Waals surface area (Å²) in [5.74, 6) is -0.273. The zero-order valence-corrected chi connectivity index (χ0v) is 11.7. The van der Waals surface area contributed by atoms with Crippen LogP contribution < -0.4 is 10.6 Å². The lowest BCUT2D eigenvalue weighted by Crippen LogP contribution is -2.30. The highest BCUT2D eigenvalue weighted by Crippen LogP contribution is 2.20. The summed E-state index contributed by atoms with van der Waals surface area (Å²) in [4.78, 5) is 12.2. The maximum Gasteiger partial charge on any atom is 0.253 e. The van der Waals surface area contributed by atoms with Crippen molar-refractivity contribution >= 4 is 11.6 Å². The molecule has 5 heteroatoms. The molecule has 1 aromatic rings. The molecule has 20 heavy (non-hydrogen) atoms. The number of rotatable bonds is 6. The first-order valence-corrected chi connectivity index (χ1v) is 7.10. The van der Waals surface area contributed by atoms with Gasteiger partial charge >= 0.3 is 0 Å². The molecule has 110 valence electrons. The molecule has 0 aliphatic carbocycles. The number of hydrogen-bond donors (Lipinski definition) is 2. The van der Waals surface area contributed by atoms with Crippen LogP contribution in [0.15, 0.2) is 18.2 Å². The van der Waals surface area contributed by atoms with E-state index in [0.29, 0.717) is 31.2 Å². The fourth-order valence-corrected chi connectivity index (χ4v) is 2.22. The second-order valence-electron chi connectivity index (χ2n) is 5.03. The lowest BCUT2D eigenvalue weighted by Gasteiger charge is -2.14. The Morgan fingerprint density at radius 3 is 3.05 bits per heavy atom. The van der Waals surface area contributed by atoms with Crippen LogP contribution in [0.2, 0.25) is 0 Å². The molecule has 1 aromatic carbocycles. The largest absolute Gasteiger partial charge is 0.382 e. The van der Waals surface area contributed by atoms with Gasteiger partial charge in [0.2, 0.25) is 0 Å². The Morgan fingerprint density at radius 1 is 1.50 bits per heavy atom. The molecular formula is C15H21FN2O2. The van der Waals surface area contributed by atoms with Crippen LogP contribution in [0.5, 0.6) is 0 Å². The van der Waals surface area contributed by atoms with Crippen molar-refractivity contribution < 1.29 is 13.9 Å². The maximum absolute atomic E-state index is 13.8. The Bertz CT molecular complexity index is 459. The number of anilines is 1. The molecule has 1 amide bonds. The van der Waals surface area contributed by atoms with E-state index in [1.807, 2.05) is 6.92 Å². The van der Waals surface area contributed by atoms with Crippen molar-refractivity contribution in [2.45, 2.75) is 19.8 Å². The van der Waals surface area contributed by atoms with E-state index in [0.717, 1.165) is 19.4 Å². The molecule has 1 aliphatic rings. The Labute approximate surface area is 118 Å². The first-order chi connectivity index (χ1) is 9.72. The van der Waals surface area contributed by atoms with E-state index in [-0.39, 0.29) is 11.6 Å². The molecule has 1 heterocycles. The highest BCUT2D eigenvalue weighted by atomic mass is 19.1. The fraction of sp³-hybridized carbons (Fsp3) is 0.533. The molecule has 2 N–H and O–H groups in total. The highest BCUT2D eigenvalue weighted by molar-refractivity contribution is 5.99. The topological polar surface area (TPSA) is 50.4 Å². The zero-order valence-electron chi connectivity index (χ0n) is 11.7. The zero-order chi connectivity index (χ0) is 14.4. The quantitative estimate of drug-likeness (QED) is 0.841. The summed E-state index contributed by atoms with van der Waals surface area (Å²) in [6.45, 7) is 4.64. The van der Waals surface area contributed by atoms with Gasteiger partial charge in [-0.3, -0.25) is 4.79 Å². The number of benzene rings is 1. The molecule has 0 aromatic heterocycles. The van der Waals surface area contributed by atoms with Crippen molar-refractivity contribution in [3.8, 4) is 0 Å². The Morgan fingerprint density at radius 2 is 2.35 bits per heavy atom. The molecule has 1 atom stereocenters. The third-order valence-electron chi connectivity index (χ3n) is 3.39. The minimum absolute atomic E-state index is 0.241.